The van der Waals surface area contributed by atoms with Crippen LogP contribution in [0.15, 0.2) is 12.2 Å². The van der Waals surface area contributed by atoms with Crippen molar-refractivity contribution in [3.63, 3.8) is 0 Å². The van der Waals surface area contributed by atoms with E-state index in [1.807, 2.05) is 0 Å². The monoisotopic (exact) mass is 764 g/mol. The lowest BCUT2D eigenvalue weighted by atomic mass is 10.0. The highest BCUT2D eigenvalue weighted by Gasteiger charge is 2.21. The van der Waals surface area contributed by atoms with Crippen molar-refractivity contribution < 1.29 is 20.1 Å². The second-order valence-electron chi connectivity index (χ2n) is 17.1. The highest BCUT2D eigenvalue weighted by atomic mass is 16.3. The number of amides is 1. The maximum absolute atomic E-state index is 12.5. The quantitative estimate of drug-likeness (QED) is 0.0367. The molecule has 0 aromatic heterocycles. The first kappa shape index (κ1) is 53.1. The van der Waals surface area contributed by atoms with Crippen LogP contribution >= 0.6 is 0 Å². The van der Waals surface area contributed by atoms with Crippen molar-refractivity contribution in [3.05, 3.63) is 12.2 Å². The minimum atomic E-state index is -0.749. The van der Waals surface area contributed by atoms with Gasteiger partial charge < -0.3 is 20.6 Å². The summed E-state index contributed by atoms with van der Waals surface area (Å²) < 4.78 is 0. The first-order chi connectivity index (χ1) is 26.5. The molecule has 54 heavy (non-hydrogen) atoms. The fourth-order valence-corrected chi connectivity index (χ4v) is 7.81. The van der Waals surface area contributed by atoms with Crippen LogP contribution in [0.4, 0.5) is 0 Å². The van der Waals surface area contributed by atoms with E-state index in [0.29, 0.717) is 12.8 Å². The zero-order valence-corrected chi connectivity index (χ0v) is 36.6. The number of hydrogen-bond acceptors (Lipinski definition) is 4. The van der Waals surface area contributed by atoms with Crippen LogP contribution in [-0.2, 0) is 4.79 Å². The highest BCUT2D eigenvalue weighted by molar-refractivity contribution is 5.76. The number of unbranched alkanes of at least 4 members (excludes halogenated alkanes) is 34. The number of aliphatic hydroxyl groups is 3. The van der Waals surface area contributed by atoms with Gasteiger partial charge in [0.25, 0.3) is 0 Å². The summed E-state index contributed by atoms with van der Waals surface area (Å²) in [6.07, 6.45) is 53.3. The molecule has 0 bridgehead atoms. The Bertz CT molecular complexity index is 758. The topological polar surface area (TPSA) is 89.8 Å². The summed E-state index contributed by atoms with van der Waals surface area (Å²) >= 11 is 0. The Morgan fingerprint density at radius 3 is 1.07 bits per heavy atom. The Hall–Kier alpha value is -0.910. The summed E-state index contributed by atoms with van der Waals surface area (Å²) in [4.78, 5) is 12.5. The zero-order valence-electron chi connectivity index (χ0n) is 36.6. The average molecular weight is 764 g/mol. The number of hydrogen-bond donors (Lipinski definition) is 4. The van der Waals surface area contributed by atoms with Crippen molar-refractivity contribution in [1.82, 2.24) is 5.32 Å². The van der Waals surface area contributed by atoms with Crippen LogP contribution in [0.5, 0.6) is 0 Å². The number of carbonyl (C=O) groups is 1. The van der Waals surface area contributed by atoms with Gasteiger partial charge in [-0.3, -0.25) is 4.79 Å². The lowest BCUT2D eigenvalue weighted by Gasteiger charge is -2.23. The third-order valence-corrected chi connectivity index (χ3v) is 11.6. The molecule has 1 amide bonds. The third-order valence-electron chi connectivity index (χ3n) is 11.6. The molecule has 5 heteroatoms. The van der Waals surface area contributed by atoms with Gasteiger partial charge in [0, 0.05) is 0 Å². The minimum Gasteiger partial charge on any atom is -0.394 e. The SMILES string of the molecule is CCCCCCCCCCCCC/C=C\CCCCCCCC(O)CC(=O)NC(CO)C(O)CCCCCCCCCCCCCCCCCCCCC. The summed E-state index contributed by atoms with van der Waals surface area (Å²) in [5, 5.41) is 33.5. The van der Waals surface area contributed by atoms with Crippen molar-refractivity contribution in [1.29, 1.82) is 0 Å². The van der Waals surface area contributed by atoms with Crippen LogP contribution in [-0.4, -0.2) is 46.1 Å². The minimum absolute atomic E-state index is 0.0341. The summed E-state index contributed by atoms with van der Waals surface area (Å²) in [6, 6.07) is -0.658. The molecule has 0 aliphatic rings. The smallest absolute Gasteiger partial charge is 0.222 e. The number of allylic oxidation sites excluding steroid dienone is 2. The first-order valence-corrected chi connectivity index (χ1v) is 24.5. The van der Waals surface area contributed by atoms with Gasteiger partial charge in [-0.15, -0.1) is 0 Å². The molecule has 0 aliphatic heterocycles. The van der Waals surface area contributed by atoms with Crippen LogP contribution in [0.25, 0.3) is 0 Å². The van der Waals surface area contributed by atoms with Gasteiger partial charge in [-0.05, 0) is 38.5 Å². The summed E-state index contributed by atoms with van der Waals surface area (Å²) in [5.41, 5.74) is 0. The standard InChI is InChI=1S/C49H97NO4/c1-3-5-7-9-11-13-15-17-19-21-23-25-26-28-30-32-34-36-38-40-42-46(52)44-49(54)50-47(45-51)48(53)43-41-39-37-35-33-31-29-27-24-22-20-18-16-14-12-10-8-6-4-2/h26,28,46-48,51-53H,3-25,27,29-45H2,1-2H3,(H,50,54)/b28-26-. The molecule has 0 fully saturated rings. The molecule has 4 N–H and O–H groups in total. The Morgan fingerprint density at radius 2 is 0.741 bits per heavy atom. The van der Waals surface area contributed by atoms with Gasteiger partial charge in [0.05, 0.1) is 31.3 Å². The third kappa shape index (κ3) is 40.7. The largest absolute Gasteiger partial charge is 0.394 e. The zero-order chi connectivity index (χ0) is 39.4. The summed E-state index contributed by atoms with van der Waals surface area (Å²) in [5.74, 6) is -0.284. The van der Waals surface area contributed by atoms with Crippen LogP contribution < -0.4 is 5.32 Å². The van der Waals surface area contributed by atoms with Gasteiger partial charge in [-0.1, -0.05) is 238 Å². The fourth-order valence-electron chi connectivity index (χ4n) is 7.81. The fraction of sp³-hybridized carbons (Fsp3) is 0.939. The van der Waals surface area contributed by atoms with E-state index in [-0.39, 0.29) is 18.9 Å². The number of aliphatic hydroxyl groups excluding tert-OH is 3. The van der Waals surface area contributed by atoms with Crippen molar-refractivity contribution in [2.75, 3.05) is 6.61 Å². The number of nitrogens with one attached hydrogen (secondary N) is 1. The van der Waals surface area contributed by atoms with E-state index in [1.165, 1.54) is 205 Å². The Balaban J connectivity index is 3.58. The number of rotatable bonds is 45. The Labute approximate surface area is 338 Å². The Kier molecular flexibility index (Phi) is 44.0. The van der Waals surface area contributed by atoms with E-state index in [1.54, 1.807) is 0 Å². The van der Waals surface area contributed by atoms with E-state index < -0.39 is 18.2 Å². The predicted molar refractivity (Wildman–Crippen MR) is 236 cm³/mol. The van der Waals surface area contributed by atoms with Gasteiger partial charge in [-0.25, -0.2) is 0 Å². The summed E-state index contributed by atoms with van der Waals surface area (Å²) in [6.45, 7) is 4.29. The molecular weight excluding hydrogens is 667 g/mol. The highest BCUT2D eigenvalue weighted by Crippen LogP contribution is 2.17. The van der Waals surface area contributed by atoms with Gasteiger partial charge >= 0.3 is 0 Å². The van der Waals surface area contributed by atoms with E-state index in [0.717, 1.165) is 32.1 Å². The van der Waals surface area contributed by atoms with Crippen LogP contribution in [0.1, 0.15) is 271 Å². The van der Waals surface area contributed by atoms with Crippen LogP contribution in [0.2, 0.25) is 0 Å². The maximum atomic E-state index is 12.5. The molecular formula is C49H97NO4. The van der Waals surface area contributed by atoms with E-state index >= 15 is 0 Å². The second-order valence-corrected chi connectivity index (χ2v) is 17.1. The van der Waals surface area contributed by atoms with E-state index in [2.05, 4.69) is 31.3 Å². The van der Waals surface area contributed by atoms with Crippen molar-refractivity contribution >= 4 is 5.91 Å². The van der Waals surface area contributed by atoms with E-state index in [4.69, 9.17) is 0 Å². The number of carbonyl (C=O) groups excluding carboxylic acids is 1. The molecule has 0 heterocycles. The second kappa shape index (κ2) is 44.8. The average Bonchev–Trinajstić information content (AvgIpc) is 3.16. The Morgan fingerprint density at radius 1 is 0.444 bits per heavy atom. The van der Waals surface area contributed by atoms with Crippen LogP contribution in [0.3, 0.4) is 0 Å². The summed E-state index contributed by atoms with van der Waals surface area (Å²) in [7, 11) is 0. The van der Waals surface area contributed by atoms with Gasteiger partial charge in [0.15, 0.2) is 0 Å². The lowest BCUT2D eigenvalue weighted by molar-refractivity contribution is -0.125. The molecule has 3 atom stereocenters. The first-order valence-electron chi connectivity index (χ1n) is 24.5. The molecule has 0 rings (SSSR count). The molecule has 0 spiro atoms. The van der Waals surface area contributed by atoms with Gasteiger partial charge in [0.2, 0.25) is 5.91 Å². The van der Waals surface area contributed by atoms with E-state index in [9.17, 15) is 20.1 Å². The predicted octanol–water partition coefficient (Wildman–Crippen LogP) is 14.4. The molecule has 0 saturated carbocycles. The molecule has 0 radical (unpaired) electrons. The lowest BCUT2D eigenvalue weighted by Crippen LogP contribution is -2.46. The molecule has 0 aromatic carbocycles. The van der Waals surface area contributed by atoms with Gasteiger partial charge in [0.1, 0.15) is 0 Å². The molecule has 3 unspecified atom stereocenters. The van der Waals surface area contributed by atoms with Crippen molar-refractivity contribution in [3.8, 4) is 0 Å². The molecule has 0 aliphatic carbocycles. The maximum Gasteiger partial charge on any atom is 0.222 e. The molecule has 5 nitrogen and oxygen atoms in total. The van der Waals surface area contributed by atoms with Crippen molar-refractivity contribution in [2.45, 2.75) is 289 Å². The normalized spacial score (nSPS) is 13.5. The van der Waals surface area contributed by atoms with Crippen molar-refractivity contribution in [2.24, 2.45) is 0 Å². The van der Waals surface area contributed by atoms with Gasteiger partial charge in [-0.2, -0.15) is 0 Å². The van der Waals surface area contributed by atoms with Crippen LogP contribution in [0, 0.1) is 0 Å². The molecule has 0 saturated heterocycles. The molecule has 0 aromatic rings. The molecule has 322 valence electrons.